The maximum Gasteiger partial charge on any atom is 0.323 e. The molecule has 0 unspecified atom stereocenters. The molecule has 0 aliphatic carbocycles. The van der Waals surface area contributed by atoms with Crippen molar-refractivity contribution in [3.05, 3.63) is 0 Å². The van der Waals surface area contributed by atoms with Crippen molar-refractivity contribution in [3.8, 4) is 0 Å². The Balaban J connectivity index is 4.41. The first-order valence-corrected chi connectivity index (χ1v) is 6.37. The van der Waals surface area contributed by atoms with Crippen LogP contribution in [-0.2, 0) is 9.59 Å². The number of carbonyl (C=O) groups is 3. The number of carbonyl (C=O) groups excluding carboxylic acids is 2. The number of hydrogen-bond donors (Lipinski definition) is 2. The number of amides is 3. The molecule has 7 heteroatoms. The van der Waals surface area contributed by atoms with E-state index in [1.165, 1.54) is 0 Å². The summed E-state index contributed by atoms with van der Waals surface area (Å²) in [5.74, 6) is -1.27. The van der Waals surface area contributed by atoms with Gasteiger partial charge in [0.25, 0.3) is 0 Å². The topological polar surface area (TPSA) is 90.0 Å². The zero-order valence-corrected chi connectivity index (χ0v) is 12.0. The molecule has 0 aromatic carbocycles. The lowest BCUT2D eigenvalue weighted by atomic mass is 10.3. The van der Waals surface area contributed by atoms with Crippen LogP contribution in [0.15, 0.2) is 0 Å². The molecule has 0 atom stereocenters. The minimum absolute atomic E-state index is 0.122. The molecule has 0 fully saturated rings. The van der Waals surface area contributed by atoms with Gasteiger partial charge in [-0.15, -0.1) is 0 Å². The molecule has 0 radical (unpaired) electrons. The summed E-state index contributed by atoms with van der Waals surface area (Å²) in [7, 11) is 0. The van der Waals surface area contributed by atoms with Crippen LogP contribution in [0.4, 0.5) is 4.79 Å². The van der Waals surface area contributed by atoms with Gasteiger partial charge < -0.3 is 20.2 Å². The minimum Gasteiger partial charge on any atom is -0.480 e. The van der Waals surface area contributed by atoms with E-state index in [2.05, 4.69) is 5.32 Å². The number of aliphatic carboxylic acids is 1. The molecule has 2 N–H and O–H groups in total. The second-order valence-corrected chi connectivity index (χ2v) is 4.34. The van der Waals surface area contributed by atoms with Crippen LogP contribution >= 0.6 is 0 Å². The Hall–Kier alpha value is -1.79. The molecule has 0 spiro atoms. The predicted octanol–water partition coefficient (Wildman–Crippen LogP) is 0.359. The van der Waals surface area contributed by atoms with Crippen molar-refractivity contribution in [3.63, 3.8) is 0 Å². The average Bonchev–Trinajstić information content (AvgIpc) is 2.34. The largest absolute Gasteiger partial charge is 0.480 e. The average molecular weight is 273 g/mol. The molecule has 0 saturated carbocycles. The van der Waals surface area contributed by atoms with Crippen LogP contribution in [0, 0.1) is 0 Å². The van der Waals surface area contributed by atoms with Crippen LogP contribution in [0.25, 0.3) is 0 Å². The van der Waals surface area contributed by atoms with Crippen LogP contribution in [0.2, 0.25) is 0 Å². The molecule has 0 aliphatic rings. The Bertz CT molecular complexity index is 327. The third-order valence-corrected chi connectivity index (χ3v) is 2.70. The highest BCUT2D eigenvalue weighted by molar-refractivity contribution is 5.85. The van der Waals surface area contributed by atoms with E-state index >= 15 is 0 Å². The van der Waals surface area contributed by atoms with E-state index in [-0.39, 0.29) is 25.0 Å². The normalized spacial score (nSPS) is 10.2. The molecule has 0 aliphatic heterocycles. The number of likely N-dealkylation sites (N-methyl/N-ethyl adjacent to an activating group) is 1. The number of urea groups is 1. The fourth-order valence-electron chi connectivity index (χ4n) is 1.58. The lowest BCUT2D eigenvalue weighted by Gasteiger charge is -2.26. The molecule has 0 saturated heterocycles. The van der Waals surface area contributed by atoms with Gasteiger partial charge in [0.15, 0.2) is 0 Å². The highest BCUT2D eigenvalue weighted by Gasteiger charge is 2.20. The number of hydrogen-bond acceptors (Lipinski definition) is 3. The van der Waals surface area contributed by atoms with Gasteiger partial charge in [-0.05, 0) is 27.7 Å². The van der Waals surface area contributed by atoms with Gasteiger partial charge in [0.2, 0.25) is 5.91 Å². The first-order valence-electron chi connectivity index (χ1n) is 6.37. The molecule has 0 aromatic rings. The molecule has 110 valence electrons. The lowest BCUT2D eigenvalue weighted by Crippen LogP contribution is -2.49. The zero-order valence-electron chi connectivity index (χ0n) is 12.0. The number of nitrogens with zero attached hydrogens (tertiary/aromatic N) is 2. The van der Waals surface area contributed by atoms with E-state index in [9.17, 15) is 14.4 Å². The number of rotatable bonds is 7. The Morgan fingerprint density at radius 1 is 1.16 bits per heavy atom. The number of carboxylic acid groups (broad SMARTS) is 1. The van der Waals surface area contributed by atoms with Gasteiger partial charge in [-0.25, -0.2) is 4.79 Å². The maximum absolute atomic E-state index is 11.8. The monoisotopic (exact) mass is 273 g/mol. The standard InChI is InChI=1S/C12H23N3O4/c1-5-14(6-2)10(16)7-13-12(19)15(9(3)4)8-11(17)18/h9H,5-8H2,1-4H3,(H,13,19)(H,17,18). The Labute approximate surface area is 113 Å². The summed E-state index contributed by atoms with van der Waals surface area (Å²) in [4.78, 5) is 36.9. The Kier molecular flexibility index (Phi) is 7.55. The molecule has 7 nitrogen and oxygen atoms in total. The molecule has 0 rings (SSSR count). The van der Waals surface area contributed by atoms with E-state index in [0.717, 1.165) is 4.90 Å². The molecule has 0 aromatic heterocycles. The second-order valence-electron chi connectivity index (χ2n) is 4.34. The molecule has 3 amide bonds. The first kappa shape index (κ1) is 17.2. The quantitative estimate of drug-likeness (QED) is 0.700. The van der Waals surface area contributed by atoms with Gasteiger partial charge >= 0.3 is 12.0 Å². The van der Waals surface area contributed by atoms with Gasteiger partial charge in [-0.2, -0.15) is 0 Å². The fraction of sp³-hybridized carbons (Fsp3) is 0.750. The van der Waals surface area contributed by atoms with Gasteiger partial charge in [-0.3, -0.25) is 9.59 Å². The van der Waals surface area contributed by atoms with Crippen LogP contribution in [0.1, 0.15) is 27.7 Å². The summed E-state index contributed by atoms with van der Waals surface area (Å²) in [6.45, 7) is 7.79. The van der Waals surface area contributed by atoms with Gasteiger partial charge in [0.05, 0.1) is 6.54 Å². The van der Waals surface area contributed by atoms with Crippen molar-refractivity contribution in [2.75, 3.05) is 26.2 Å². The van der Waals surface area contributed by atoms with E-state index in [1.807, 2.05) is 13.8 Å². The zero-order chi connectivity index (χ0) is 15.0. The Morgan fingerprint density at radius 3 is 2.05 bits per heavy atom. The SMILES string of the molecule is CCN(CC)C(=O)CNC(=O)N(CC(=O)O)C(C)C. The van der Waals surface area contributed by atoms with Gasteiger partial charge in [0.1, 0.15) is 6.54 Å². The highest BCUT2D eigenvalue weighted by Crippen LogP contribution is 1.98. The maximum atomic E-state index is 11.8. The van der Waals surface area contributed by atoms with Gasteiger partial charge in [0, 0.05) is 19.1 Å². The number of carboxylic acids is 1. The highest BCUT2D eigenvalue weighted by atomic mass is 16.4. The third-order valence-electron chi connectivity index (χ3n) is 2.70. The van der Waals surface area contributed by atoms with Gasteiger partial charge in [-0.1, -0.05) is 0 Å². The molecule has 19 heavy (non-hydrogen) atoms. The Morgan fingerprint density at radius 2 is 1.68 bits per heavy atom. The fourth-order valence-corrected chi connectivity index (χ4v) is 1.58. The summed E-state index contributed by atoms with van der Waals surface area (Å²) >= 11 is 0. The smallest absolute Gasteiger partial charge is 0.323 e. The molecule has 0 bridgehead atoms. The summed E-state index contributed by atoms with van der Waals surface area (Å²) in [6.07, 6.45) is 0. The summed E-state index contributed by atoms with van der Waals surface area (Å²) in [5.41, 5.74) is 0. The van der Waals surface area contributed by atoms with E-state index in [1.54, 1.807) is 18.7 Å². The van der Waals surface area contributed by atoms with Crippen molar-refractivity contribution < 1.29 is 19.5 Å². The lowest BCUT2D eigenvalue weighted by molar-refractivity contribution is -0.138. The number of nitrogens with one attached hydrogen (secondary N) is 1. The van der Waals surface area contributed by atoms with Crippen LogP contribution in [0.5, 0.6) is 0 Å². The van der Waals surface area contributed by atoms with Crippen molar-refractivity contribution >= 4 is 17.9 Å². The van der Waals surface area contributed by atoms with E-state index < -0.39 is 12.0 Å². The third kappa shape index (κ3) is 6.08. The van der Waals surface area contributed by atoms with Crippen molar-refractivity contribution in [2.45, 2.75) is 33.7 Å². The first-order chi connectivity index (χ1) is 8.83. The molecular weight excluding hydrogens is 250 g/mol. The predicted molar refractivity (Wildman–Crippen MR) is 70.8 cm³/mol. The molecular formula is C12H23N3O4. The summed E-state index contributed by atoms with van der Waals surface area (Å²) in [6, 6.07) is -0.794. The van der Waals surface area contributed by atoms with Crippen molar-refractivity contribution in [2.24, 2.45) is 0 Å². The van der Waals surface area contributed by atoms with E-state index in [4.69, 9.17) is 5.11 Å². The minimum atomic E-state index is -1.08. The van der Waals surface area contributed by atoms with Crippen LogP contribution in [0.3, 0.4) is 0 Å². The van der Waals surface area contributed by atoms with Crippen LogP contribution < -0.4 is 5.32 Å². The van der Waals surface area contributed by atoms with Crippen molar-refractivity contribution in [1.29, 1.82) is 0 Å². The van der Waals surface area contributed by atoms with E-state index in [0.29, 0.717) is 13.1 Å². The molecule has 0 heterocycles. The van der Waals surface area contributed by atoms with Crippen LogP contribution in [-0.4, -0.2) is 65.0 Å². The second kappa shape index (κ2) is 8.34. The summed E-state index contributed by atoms with van der Waals surface area (Å²) in [5, 5.41) is 11.2. The summed E-state index contributed by atoms with van der Waals surface area (Å²) < 4.78 is 0. The van der Waals surface area contributed by atoms with Crippen molar-refractivity contribution in [1.82, 2.24) is 15.1 Å².